The molecule has 1 aliphatic heterocycles. The van der Waals surface area contributed by atoms with Crippen LogP contribution in [0.3, 0.4) is 0 Å². The summed E-state index contributed by atoms with van der Waals surface area (Å²) in [7, 11) is 0. The van der Waals surface area contributed by atoms with E-state index in [9.17, 15) is 18.4 Å². The summed E-state index contributed by atoms with van der Waals surface area (Å²) in [5.41, 5.74) is 0.925. The molecule has 1 N–H and O–H groups in total. The molecule has 0 spiro atoms. The molecule has 1 amide bonds. The molecule has 0 fully saturated rings. The maximum absolute atomic E-state index is 13.9. The quantitative estimate of drug-likeness (QED) is 0.522. The van der Waals surface area contributed by atoms with Gasteiger partial charge in [0.2, 0.25) is 5.91 Å². The fourth-order valence-corrected chi connectivity index (χ4v) is 3.87. The highest BCUT2D eigenvalue weighted by atomic mass is 19.1. The van der Waals surface area contributed by atoms with Crippen LogP contribution < -0.4 is 5.32 Å². The highest BCUT2D eigenvalue weighted by Gasteiger charge is 2.37. The van der Waals surface area contributed by atoms with Gasteiger partial charge in [0.15, 0.2) is 11.7 Å². The van der Waals surface area contributed by atoms with Gasteiger partial charge in [-0.15, -0.1) is 0 Å². The minimum Gasteiger partial charge on any atom is -0.326 e. The maximum atomic E-state index is 13.9. The molecule has 1 atom stereocenters. The van der Waals surface area contributed by atoms with Gasteiger partial charge in [-0.05, 0) is 35.0 Å². The molecule has 4 aromatic rings. The van der Waals surface area contributed by atoms with E-state index in [4.69, 9.17) is 0 Å². The van der Waals surface area contributed by atoms with Crippen molar-refractivity contribution < 1.29 is 18.4 Å². The summed E-state index contributed by atoms with van der Waals surface area (Å²) in [6.45, 7) is 0.404. The summed E-state index contributed by atoms with van der Waals surface area (Å²) in [6, 6.07) is 15.0. The second kappa shape index (κ2) is 6.48. The number of hydrogen-bond donors (Lipinski definition) is 1. The Kier molecular flexibility index (Phi) is 3.91. The molecule has 5 rings (SSSR count). The Morgan fingerprint density at radius 2 is 1.72 bits per heavy atom. The average Bonchev–Trinajstić information content (AvgIpc) is 3.06. The van der Waals surface area contributed by atoms with Crippen molar-refractivity contribution in [3.63, 3.8) is 0 Å². The second-order valence-electron chi connectivity index (χ2n) is 7.04. The van der Waals surface area contributed by atoms with Gasteiger partial charge in [-0.25, -0.2) is 13.8 Å². The second-order valence-corrected chi connectivity index (χ2v) is 7.04. The van der Waals surface area contributed by atoms with Crippen molar-refractivity contribution >= 4 is 39.2 Å². The molecule has 7 heteroatoms. The predicted molar refractivity (Wildman–Crippen MR) is 105 cm³/mol. The normalized spacial score (nSPS) is 16.2. The Morgan fingerprint density at radius 1 is 1.03 bits per heavy atom. The molecule has 1 unspecified atom stereocenters. The Morgan fingerprint density at radius 3 is 2.45 bits per heavy atom. The molecule has 0 saturated heterocycles. The van der Waals surface area contributed by atoms with Gasteiger partial charge >= 0.3 is 0 Å². The number of carbonyl (C=O) groups excluding carboxylic acids is 2. The van der Waals surface area contributed by atoms with Gasteiger partial charge in [0, 0.05) is 13.0 Å². The van der Waals surface area contributed by atoms with Crippen LogP contribution in [0.4, 0.5) is 14.5 Å². The summed E-state index contributed by atoms with van der Waals surface area (Å²) in [5, 5.41) is 4.25. The zero-order valence-corrected chi connectivity index (χ0v) is 15.2. The number of rotatable bonds is 2. The van der Waals surface area contributed by atoms with Gasteiger partial charge in [0.05, 0.1) is 11.0 Å². The number of anilines is 1. The van der Waals surface area contributed by atoms with Gasteiger partial charge in [-0.3, -0.25) is 9.59 Å². The monoisotopic (exact) mass is 391 g/mol. The predicted octanol–water partition coefficient (Wildman–Crippen LogP) is 4.16. The number of hydrogen-bond acceptors (Lipinski definition) is 3. The molecular weight excluding hydrogens is 376 g/mol. The molecule has 0 saturated carbocycles. The van der Waals surface area contributed by atoms with E-state index in [1.54, 1.807) is 0 Å². The van der Waals surface area contributed by atoms with Gasteiger partial charge in [0.1, 0.15) is 23.1 Å². The van der Waals surface area contributed by atoms with Gasteiger partial charge in [0.25, 0.3) is 0 Å². The topological polar surface area (TPSA) is 64.0 Å². The Labute approximate surface area is 164 Å². The van der Waals surface area contributed by atoms with Crippen molar-refractivity contribution in [3.8, 4) is 0 Å². The van der Waals surface area contributed by atoms with Crippen molar-refractivity contribution in [2.45, 2.75) is 18.9 Å². The summed E-state index contributed by atoms with van der Waals surface area (Å²) < 4.78 is 29.7. The molecule has 5 nitrogen and oxygen atoms in total. The first kappa shape index (κ1) is 17.5. The summed E-state index contributed by atoms with van der Waals surface area (Å²) in [4.78, 5) is 29.9. The average molecular weight is 391 g/mol. The van der Waals surface area contributed by atoms with E-state index >= 15 is 0 Å². The SMILES string of the molecule is O=C1CCn2c(nc3cc4ccccc4cc32)C1C(=O)Nc1c(F)cccc1F. The first-order chi connectivity index (χ1) is 14.0. The number of amides is 1. The largest absolute Gasteiger partial charge is 0.326 e. The number of nitrogens with zero attached hydrogens (tertiary/aromatic N) is 2. The standard InChI is InChI=1S/C22H15F2N3O2/c23-14-6-3-7-15(24)20(14)26-22(29)19-18(28)8-9-27-17-11-13-5-2-1-4-12(13)10-16(17)25-21(19)27/h1-7,10-11,19H,8-9H2,(H,26,29). The van der Waals surface area contributed by atoms with Crippen LogP contribution in [0.5, 0.6) is 0 Å². The zero-order valence-electron chi connectivity index (χ0n) is 15.2. The van der Waals surface area contributed by atoms with E-state index in [0.29, 0.717) is 17.9 Å². The minimum atomic E-state index is -1.22. The lowest BCUT2D eigenvalue weighted by molar-refractivity contribution is -0.128. The molecule has 3 aromatic carbocycles. The first-order valence-corrected chi connectivity index (χ1v) is 9.19. The smallest absolute Gasteiger partial charge is 0.242 e. The number of benzene rings is 3. The number of fused-ring (bicyclic) bond motifs is 4. The third-order valence-corrected chi connectivity index (χ3v) is 5.28. The van der Waals surface area contributed by atoms with E-state index in [0.717, 1.165) is 28.4 Å². The summed E-state index contributed by atoms with van der Waals surface area (Å²) >= 11 is 0. The van der Waals surface area contributed by atoms with Gasteiger partial charge < -0.3 is 9.88 Å². The Hall–Kier alpha value is -3.61. The molecule has 1 aromatic heterocycles. The summed E-state index contributed by atoms with van der Waals surface area (Å²) in [6.07, 6.45) is 0.142. The lowest BCUT2D eigenvalue weighted by Gasteiger charge is -2.22. The van der Waals surface area contributed by atoms with Crippen LogP contribution in [0.1, 0.15) is 18.2 Å². The number of aromatic nitrogens is 2. The van der Waals surface area contributed by atoms with E-state index in [2.05, 4.69) is 10.3 Å². The van der Waals surface area contributed by atoms with E-state index < -0.39 is 29.1 Å². The van der Waals surface area contributed by atoms with Crippen molar-refractivity contribution in [1.82, 2.24) is 9.55 Å². The highest BCUT2D eigenvalue weighted by molar-refractivity contribution is 6.12. The lowest BCUT2D eigenvalue weighted by Crippen LogP contribution is -2.34. The van der Waals surface area contributed by atoms with E-state index in [1.807, 2.05) is 41.0 Å². The van der Waals surface area contributed by atoms with Crippen molar-refractivity contribution in [3.05, 3.63) is 72.1 Å². The Bertz CT molecular complexity index is 1290. The number of Topliss-reactive ketones (excluding diaryl/α,β-unsaturated/α-hetero) is 1. The van der Waals surface area contributed by atoms with Crippen molar-refractivity contribution in [2.75, 3.05) is 5.32 Å². The maximum Gasteiger partial charge on any atom is 0.242 e. The van der Waals surface area contributed by atoms with Crippen LogP contribution in [0.25, 0.3) is 21.8 Å². The molecule has 0 aliphatic carbocycles. The third kappa shape index (κ3) is 2.77. The van der Waals surface area contributed by atoms with Crippen molar-refractivity contribution in [1.29, 1.82) is 0 Å². The van der Waals surface area contributed by atoms with Gasteiger partial charge in [-0.2, -0.15) is 0 Å². The highest BCUT2D eigenvalue weighted by Crippen LogP contribution is 2.32. The van der Waals surface area contributed by atoms with Crippen LogP contribution in [-0.2, 0) is 16.1 Å². The third-order valence-electron chi connectivity index (χ3n) is 5.28. The van der Waals surface area contributed by atoms with Crippen LogP contribution in [0.15, 0.2) is 54.6 Å². The van der Waals surface area contributed by atoms with Crippen LogP contribution in [-0.4, -0.2) is 21.2 Å². The number of ketones is 1. The fraction of sp³-hybridized carbons (Fsp3) is 0.136. The van der Waals surface area contributed by atoms with E-state index in [1.165, 1.54) is 6.07 Å². The molecule has 0 bridgehead atoms. The number of para-hydroxylation sites is 1. The van der Waals surface area contributed by atoms with Gasteiger partial charge in [-0.1, -0.05) is 30.3 Å². The minimum absolute atomic E-state index is 0.142. The number of aryl methyl sites for hydroxylation is 1. The number of imidazole rings is 1. The van der Waals surface area contributed by atoms with Crippen LogP contribution in [0, 0.1) is 11.6 Å². The molecular formula is C22H15F2N3O2. The number of nitrogens with one attached hydrogen (secondary N) is 1. The zero-order chi connectivity index (χ0) is 20.1. The molecule has 29 heavy (non-hydrogen) atoms. The number of carbonyl (C=O) groups is 2. The lowest BCUT2D eigenvalue weighted by atomic mass is 9.96. The molecule has 1 aliphatic rings. The molecule has 144 valence electrons. The molecule has 0 radical (unpaired) electrons. The van der Waals surface area contributed by atoms with Crippen LogP contribution in [0.2, 0.25) is 0 Å². The fourth-order valence-electron chi connectivity index (χ4n) is 3.87. The Balaban J connectivity index is 1.61. The number of halogens is 2. The summed E-state index contributed by atoms with van der Waals surface area (Å²) in [5.74, 6) is -3.85. The van der Waals surface area contributed by atoms with E-state index in [-0.39, 0.29) is 12.2 Å². The molecule has 2 heterocycles. The first-order valence-electron chi connectivity index (χ1n) is 9.19. The van der Waals surface area contributed by atoms with Crippen molar-refractivity contribution in [2.24, 2.45) is 0 Å². The van der Waals surface area contributed by atoms with Crippen LogP contribution >= 0.6 is 0 Å².